The summed E-state index contributed by atoms with van der Waals surface area (Å²) in [7, 11) is 1.40. The number of amides is 2. The van der Waals surface area contributed by atoms with Crippen molar-refractivity contribution in [2.75, 3.05) is 7.11 Å². The van der Waals surface area contributed by atoms with Gasteiger partial charge >= 0.3 is 0 Å². The number of methoxy groups -OCH3 is 1. The number of carbonyl (C=O) groups excluding carboxylic acids is 4. The number of halogens is 1. The van der Waals surface area contributed by atoms with E-state index in [0.717, 1.165) is 10.5 Å². The number of Topliss-reactive ketones (excluding diaryl/α,β-unsaturated/α-hetero) is 1. The highest BCUT2D eigenvalue weighted by molar-refractivity contribution is 7.09. The quantitative estimate of drug-likeness (QED) is 0.336. The fraction of sp³-hybridized carbons (Fsp3) is 0.310. The Kier molecular flexibility index (Phi) is 5.92. The van der Waals surface area contributed by atoms with Crippen LogP contribution in [-0.2, 0) is 25.7 Å². The number of benzene rings is 1. The molecule has 1 aliphatic heterocycles. The molecule has 2 heterocycles. The highest BCUT2D eigenvalue weighted by atomic mass is 35.5. The van der Waals surface area contributed by atoms with E-state index in [1.807, 2.05) is 23.6 Å². The topological polar surface area (TPSA) is 101 Å². The number of allylic oxidation sites excluding steroid dienone is 6. The molecule has 9 heteroatoms. The molecule has 1 N–H and O–H groups in total. The van der Waals surface area contributed by atoms with Crippen molar-refractivity contribution in [3.63, 3.8) is 0 Å². The Morgan fingerprint density at radius 1 is 1.16 bits per heavy atom. The largest absolute Gasteiger partial charge is 0.503 e. The number of thiophene rings is 1. The van der Waals surface area contributed by atoms with Crippen LogP contribution in [0.3, 0.4) is 0 Å². The molecule has 2 amide bonds. The minimum Gasteiger partial charge on any atom is -0.503 e. The molecule has 0 radical (unpaired) electrons. The molecule has 7 nitrogen and oxygen atoms in total. The molecule has 0 saturated carbocycles. The van der Waals surface area contributed by atoms with Crippen LogP contribution in [0.1, 0.15) is 36.1 Å². The van der Waals surface area contributed by atoms with Gasteiger partial charge in [-0.3, -0.25) is 24.1 Å². The van der Waals surface area contributed by atoms with E-state index in [1.165, 1.54) is 29.4 Å². The van der Waals surface area contributed by atoms with E-state index in [4.69, 9.17) is 16.3 Å². The molecule has 2 aromatic rings. The smallest absolute Gasteiger partial charge is 0.234 e. The molecule has 0 spiro atoms. The van der Waals surface area contributed by atoms with Gasteiger partial charge in [-0.2, -0.15) is 0 Å². The SMILES string of the molecule is COc1cc([C@H]2C3=CC[C@@H]4C(=O)N(Cc5cccs5)C(=O)[C@@H]4[C@@H]3CC3=C2C(=O)C(C)=CC3=O)cc(Cl)c1O. The van der Waals surface area contributed by atoms with Crippen LogP contribution in [0.4, 0.5) is 0 Å². The van der Waals surface area contributed by atoms with Crippen LogP contribution in [0.5, 0.6) is 11.5 Å². The maximum absolute atomic E-state index is 13.8. The Balaban J connectivity index is 1.48. The van der Waals surface area contributed by atoms with Crippen molar-refractivity contribution in [2.45, 2.75) is 32.2 Å². The highest BCUT2D eigenvalue weighted by Gasteiger charge is 2.56. The Morgan fingerprint density at radius 2 is 1.95 bits per heavy atom. The molecule has 38 heavy (non-hydrogen) atoms. The number of phenolic OH excluding ortho intramolecular Hbond substituents is 1. The summed E-state index contributed by atoms with van der Waals surface area (Å²) in [6, 6.07) is 6.96. The lowest BCUT2D eigenvalue weighted by Gasteiger charge is -2.42. The maximum atomic E-state index is 13.8. The fourth-order valence-corrected chi connectivity index (χ4v) is 7.35. The second kappa shape index (κ2) is 9.06. The van der Waals surface area contributed by atoms with Gasteiger partial charge in [0.2, 0.25) is 11.8 Å². The van der Waals surface area contributed by atoms with E-state index in [1.54, 1.807) is 19.1 Å². The van der Waals surface area contributed by atoms with Gasteiger partial charge in [-0.1, -0.05) is 29.3 Å². The third-order valence-corrected chi connectivity index (χ3v) is 9.30. The zero-order valence-electron chi connectivity index (χ0n) is 20.7. The first-order chi connectivity index (χ1) is 18.2. The molecule has 194 valence electrons. The van der Waals surface area contributed by atoms with Gasteiger partial charge in [-0.25, -0.2) is 0 Å². The standard InChI is InChI=1S/C29H24ClNO6S/c1-13-8-21(32)19-11-18-16(23(25(19)26(13)33)14-9-20(30)27(34)22(10-14)37-2)5-6-17-24(18)29(36)31(28(17)35)12-15-4-3-7-38-15/h3-5,7-10,17-18,23-24,34H,6,11-12H2,1-2H3/t17-,18+,23-,24-/m0/s1. The Labute approximate surface area is 228 Å². The number of rotatable bonds is 4. The summed E-state index contributed by atoms with van der Waals surface area (Å²) >= 11 is 7.84. The van der Waals surface area contributed by atoms with Gasteiger partial charge in [0.15, 0.2) is 23.1 Å². The van der Waals surface area contributed by atoms with Crippen LogP contribution in [0.25, 0.3) is 0 Å². The second-order valence-corrected chi connectivity index (χ2v) is 11.6. The average Bonchev–Trinajstić information content (AvgIpc) is 3.50. The number of hydrogen-bond acceptors (Lipinski definition) is 7. The number of likely N-dealkylation sites (tertiary alicyclic amines) is 1. The predicted molar refractivity (Wildman–Crippen MR) is 141 cm³/mol. The molecule has 1 fully saturated rings. The number of ketones is 2. The summed E-state index contributed by atoms with van der Waals surface area (Å²) in [4.78, 5) is 56.1. The molecular formula is C29H24ClNO6S. The van der Waals surface area contributed by atoms with Crippen LogP contribution >= 0.6 is 22.9 Å². The Hall–Kier alpha value is -3.49. The van der Waals surface area contributed by atoms with E-state index in [0.29, 0.717) is 28.7 Å². The number of phenols is 1. The number of imide groups is 1. The van der Waals surface area contributed by atoms with Crippen LogP contribution in [-0.4, -0.2) is 40.5 Å². The van der Waals surface area contributed by atoms with Gasteiger partial charge in [0.05, 0.1) is 30.5 Å². The van der Waals surface area contributed by atoms with Crippen molar-refractivity contribution >= 4 is 46.3 Å². The van der Waals surface area contributed by atoms with Crippen molar-refractivity contribution in [1.29, 1.82) is 0 Å². The summed E-state index contributed by atoms with van der Waals surface area (Å²) in [6.45, 7) is 1.84. The highest BCUT2D eigenvalue weighted by Crippen LogP contribution is 2.56. The second-order valence-electron chi connectivity index (χ2n) is 10.1. The summed E-state index contributed by atoms with van der Waals surface area (Å²) < 4.78 is 5.33. The van der Waals surface area contributed by atoms with Gasteiger partial charge < -0.3 is 9.84 Å². The number of fused-ring (bicyclic) bond motifs is 3. The molecule has 3 aliphatic carbocycles. The first kappa shape index (κ1) is 24.8. The van der Waals surface area contributed by atoms with Crippen LogP contribution < -0.4 is 4.74 Å². The summed E-state index contributed by atoms with van der Waals surface area (Å²) in [6.07, 6.45) is 3.88. The van der Waals surface area contributed by atoms with Crippen molar-refractivity contribution in [3.8, 4) is 11.5 Å². The zero-order chi connectivity index (χ0) is 26.9. The number of carbonyl (C=O) groups is 4. The van der Waals surface area contributed by atoms with Gasteiger partial charge in [0.25, 0.3) is 0 Å². The predicted octanol–water partition coefficient (Wildman–Crippen LogP) is 4.75. The summed E-state index contributed by atoms with van der Waals surface area (Å²) in [5, 5.41) is 12.3. The van der Waals surface area contributed by atoms with Crippen molar-refractivity contribution in [1.82, 2.24) is 4.90 Å². The number of ether oxygens (including phenoxy) is 1. The third kappa shape index (κ3) is 3.61. The van der Waals surface area contributed by atoms with E-state index in [2.05, 4.69) is 0 Å². The average molecular weight is 550 g/mol. The van der Waals surface area contributed by atoms with Crippen LogP contribution in [0, 0.1) is 17.8 Å². The normalized spacial score (nSPS) is 26.7. The van der Waals surface area contributed by atoms with Gasteiger partial charge in [-0.15, -0.1) is 11.3 Å². The first-order valence-electron chi connectivity index (χ1n) is 12.4. The molecule has 0 unspecified atom stereocenters. The summed E-state index contributed by atoms with van der Waals surface area (Å²) in [5.41, 5.74) is 2.48. The van der Waals surface area contributed by atoms with E-state index < -0.39 is 23.7 Å². The lowest BCUT2D eigenvalue weighted by atomic mass is 9.59. The molecule has 1 aromatic carbocycles. The van der Waals surface area contributed by atoms with E-state index >= 15 is 0 Å². The van der Waals surface area contributed by atoms with Crippen molar-refractivity contribution in [2.24, 2.45) is 17.8 Å². The Morgan fingerprint density at radius 3 is 2.66 bits per heavy atom. The van der Waals surface area contributed by atoms with Crippen LogP contribution in [0.15, 0.2) is 64.1 Å². The van der Waals surface area contributed by atoms with Gasteiger partial charge in [-0.05, 0) is 60.9 Å². The number of nitrogens with zero attached hydrogens (tertiary/aromatic N) is 1. The van der Waals surface area contributed by atoms with Gasteiger partial charge in [0.1, 0.15) is 0 Å². The third-order valence-electron chi connectivity index (χ3n) is 8.15. The van der Waals surface area contributed by atoms with Gasteiger partial charge in [0, 0.05) is 27.5 Å². The van der Waals surface area contributed by atoms with Crippen molar-refractivity contribution < 1.29 is 29.0 Å². The minimum absolute atomic E-state index is 0.0500. The first-order valence-corrected chi connectivity index (χ1v) is 13.6. The van der Waals surface area contributed by atoms with E-state index in [9.17, 15) is 24.3 Å². The lowest BCUT2D eigenvalue weighted by molar-refractivity contribution is -0.140. The van der Waals surface area contributed by atoms with Crippen LogP contribution in [0.2, 0.25) is 5.02 Å². The molecular weight excluding hydrogens is 526 g/mol. The van der Waals surface area contributed by atoms with E-state index in [-0.39, 0.29) is 52.9 Å². The molecule has 0 bridgehead atoms. The molecule has 6 rings (SSSR count). The lowest BCUT2D eigenvalue weighted by Crippen LogP contribution is -2.39. The number of hydrogen-bond donors (Lipinski definition) is 1. The molecule has 4 aliphatic rings. The Bertz CT molecular complexity index is 1520. The summed E-state index contributed by atoms with van der Waals surface area (Å²) in [5.74, 6) is -3.23. The molecule has 1 aromatic heterocycles. The maximum Gasteiger partial charge on any atom is 0.234 e. The monoisotopic (exact) mass is 549 g/mol. The molecule has 4 atom stereocenters. The fourth-order valence-electron chi connectivity index (χ4n) is 6.44. The minimum atomic E-state index is -0.661. The molecule has 1 saturated heterocycles. The zero-order valence-corrected chi connectivity index (χ0v) is 22.3. The number of aromatic hydroxyl groups is 1. The van der Waals surface area contributed by atoms with Crippen molar-refractivity contribution in [3.05, 3.63) is 79.6 Å².